The quantitative estimate of drug-likeness (QED) is 0.350. The van der Waals surface area contributed by atoms with Gasteiger partial charge in [0.15, 0.2) is 11.5 Å². The maximum Gasteiger partial charge on any atom is 0.271 e. The number of rotatable bonds is 6. The van der Waals surface area contributed by atoms with Gasteiger partial charge in [-0.25, -0.2) is 4.68 Å². The van der Waals surface area contributed by atoms with Gasteiger partial charge in [0.25, 0.3) is 11.6 Å². The Labute approximate surface area is 186 Å². The van der Waals surface area contributed by atoms with Gasteiger partial charge in [0.2, 0.25) is 6.79 Å². The van der Waals surface area contributed by atoms with Crippen LogP contribution in [0.3, 0.4) is 0 Å². The van der Waals surface area contributed by atoms with Crippen LogP contribution in [0.1, 0.15) is 16.1 Å². The van der Waals surface area contributed by atoms with E-state index < -0.39 is 4.92 Å². The van der Waals surface area contributed by atoms with Crippen molar-refractivity contribution in [1.29, 1.82) is 0 Å². The molecule has 0 spiro atoms. The molecule has 0 saturated carbocycles. The molecule has 0 aliphatic carbocycles. The minimum atomic E-state index is -0.480. The summed E-state index contributed by atoms with van der Waals surface area (Å²) in [7, 11) is 0. The van der Waals surface area contributed by atoms with Crippen molar-refractivity contribution in [2.75, 3.05) is 6.79 Å². The Morgan fingerprint density at radius 3 is 2.81 bits per heavy atom. The Balaban J connectivity index is 1.46. The van der Waals surface area contributed by atoms with E-state index in [2.05, 4.69) is 10.4 Å². The number of benzene rings is 2. The molecule has 2 aromatic heterocycles. The summed E-state index contributed by atoms with van der Waals surface area (Å²) in [5.41, 5.74) is 2.08. The van der Waals surface area contributed by atoms with E-state index in [1.54, 1.807) is 24.3 Å². The molecule has 4 aromatic rings. The summed E-state index contributed by atoms with van der Waals surface area (Å²) in [6.45, 7) is 0.447. The van der Waals surface area contributed by atoms with E-state index in [-0.39, 0.29) is 30.6 Å². The van der Waals surface area contributed by atoms with E-state index in [0.717, 1.165) is 10.4 Å². The normalized spacial score (nSPS) is 12.0. The van der Waals surface area contributed by atoms with Crippen LogP contribution in [0, 0.1) is 10.1 Å². The monoisotopic (exact) mass is 448 g/mol. The van der Waals surface area contributed by atoms with E-state index in [4.69, 9.17) is 9.47 Å². The number of thiophene rings is 1. The number of fused-ring (bicyclic) bond motifs is 1. The molecule has 1 N–H and O–H groups in total. The van der Waals surface area contributed by atoms with Crippen molar-refractivity contribution in [2.24, 2.45) is 0 Å². The highest BCUT2D eigenvalue weighted by Crippen LogP contribution is 2.32. The number of amides is 1. The lowest BCUT2D eigenvalue weighted by Crippen LogP contribution is -2.25. The molecule has 5 rings (SSSR count). The number of carbonyl (C=O) groups excluding carboxylic acids is 1. The first-order chi connectivity index (χ1) is 15.6. The molecule has 0 bridgehead atoms. The van der Waals surface area contributed by atoms with E-state index in [1.165, 1.54) is 28.2 Å². The van der Waals surface area contributed by atoms with Gasteiger partial charge in [0.05, 0.1) is 15.5 Å². The Bertz CT molecular complexity index is 1320. The van der Waals surface area contributed by atoms with Gasteiger partial charge in [-0.2, -0.15) is 5.10 Å². The molecular formula is C22H16N4O5S. The van der Waals surface area contributed by atoms with Crippen molar-refractivity contribution in [3.63, 3.8) is 0 Å². The maximum atomic E-state index is 13.1. The van der Waals surface area contributed by atoms with Crippen molar-refractivity contribution in [3.8, 4) is 27.8 Å². The minimum Gasteiger partial charge on any atom is -0.454 e. The lowest BCUT2D eigenvalue weighted by Gasteiger charge is -2.09. The maximum absolute atomic E-state index is 13.1. The van der Waals surface area contributed by atoms with E-state index in [1.807, 2.05) is 29.6 Å². The molecule has 1 amide bonds. The summed E-state index contributed by atoms with van der Waals surface area (Å²) < 4.78 is 12.1. The Hall–Kier alpha value is -4.18. The van der Waals surface area contributed by atoms with Crippen molar-refractivity contribution in [1.82, 2.24) is 15.1 Å². The smallest absolute Gasteiger partial charge is 0.271 e. The summed E-state index contributed by atoms with van der Waals surface area (Å²) in [4.78, 5) is 24.7. The van der Waals surface area contributed by atoms with Crippen LogP contribution in [0.4, 0.5) is 5.69 Å². The number of aromatic nitrogens is 2. The van der Waals surface area contributed by atoms with Crippen LogP contribution in [-0.2, 0) is 6.54 Å². The molecule has 1 aliphatic heterocycles. The lowest BCUT2D eigenvalue weighted by molar-refractivity contribution is -0.384. The van der Waals surface area contributed by atoms with Gasteiger partial charge >= 0.3 is 0 Å². The van der Waals surface area contributed by atoms with Gasteiger partial charge < -0.3 is 14.8 Å². The third-order valence-corrected chi connectivity index (χ3v) is 5.78. The second-order valence-corrected chi connectivity index (χ2v) is 7.90. The molecule has 1 aliphatic rings. The predicted molar refractivity (Wildman–Crippen MR) is 117 cm³/mol. The van der Waals surface area contributed by atoms with Crippen LogP contribution in [0.5, 0.6) is 11.5 Å². The molecule has 0 radical (unpaired) electrons. The summed E-state index contributed by atoms with van der Waals surface area (Å²) >= 11 is 1.49. The first-order valence-electron chi connectivity index (χ1n) is 9.64. The zero-order valence-corrected chi connectivity index (χ0v) is 17.4. The summed E-state index contributed by atoms with van der Waals surface area (Å²) in [5, 5.41) is 20.6. The number of nitrogens with zero attached hydrogens (tertiary/aromatic N) is 3. The van der Waals surface area contributed by atoms with Crippen molar-refractivity contribution in [3.05, 3.63) is 87.4 Å². The second kappa shape index (κ2) is 8.16. The number of ether oxygens (including phenoxy) is 2. The van der Waals surface area contributed by atoms with Crippen LogP contribution >= 0.6 is 11.3 Å². The van der Waals surface area contributed by atoms with E-state index in [0.29, 0.717) is 22.9 Å². The van der Waals surface area contributed by atoms with Crippen molar-refractivity contribution < 1.29 is 19.2 Å². The number of hydrogen-bond donors (Lipinski definition) is 1. The van der Waals surface area contributed by atoms with Crippen LogP contribution < -0.4 is 14.8 Å². The van der Waals surface area contributed by atoms with Crippen molar-refractivity contribution in [2.45, 2.75) is 6.54 Å². The summed E-state index contributed by atoms with van der Waals surface area (Å²) in [5.74, 6) is 0.951. The highest BCUT2D eigenvalue weighted by Gasteiger charge is 2.20. The molecule has 0 fully saturated rings. The number of nitro benzene ring substituents is 1. The first kappa shape index (κ1) is 19.8. The number of non-ortho nitro benzene ring substituents is 1. The van der Waals surface area contributed by atoms with E-state index >= 15 is 0 Å². The molecule has 32 heavy (non-hydrogen) atoms. The number of carbonyl (C=O) groups is 1. The van der Waals surface area contributed by atoms with Gasteiger partial charge in [0.1, 0.15) is 11.4 Å². The molecule has 9 nitrogen and oxygen atoms in total. The number of nitrogens with one attached hydrogen (secondary N) is 1. The Morgan fingerprint density at radius 2 is 2.00 bits per heavy atom. The topological polar surface area (TPSA) is 109 Å². The van der Waals surface area contributed by atoms with Gasteiger partial charge in [-0.15, -0.1) is 11.3 Å². The average Bonchev–Trinajstić information content (AvgIpc) is 3.57. The fourth-order valence-corrected chi connectivity index (χ4v) is 4.03. The molecule has 3 heterocycles. The van der Waals surface area contributed by atoms with Gasteiger partial charge in [-0.3, -0.25) is 14.9 Å². The second-order valence-electron chi connectivity index (χ2n) is 6.95. The molecule has 0 unspecified atom stereocenters. The zero-order valence-electron chi connectivity index (χ0n) is 16.6. The van der Waals surface area contributed by atoms with Gasteiger partial charge in [-0.1, -0.05) is 18.2 Å². The van der Waals surface area contributed by atoms with Gasteiger partial charge in [0, 0.05) is 18.7 Å². The van der Waals surface area contributed by atoms with Crippen LogP contribution in [0.2, 0.25) is 0 Å². The first-order valence-corrected chi connectivity index (χ1v) is 10.5. The molecule has 0 atom stereocenters. The molecule has 0 saturated heterocycles. The summed E-state index contributed by atoms with van der Waals surface area (Å²) in [6, 6.07) is 17.0. The lowest BCUT2D eigenvalue weighted by atomic mass is 10.2. The SMILES string of the molecule is O=C(NCc1ccc2c(c1)OCO2)c1cc(-c2cccs2)nn1-c1cccc([N+](=O)[O-])c1. The third kappa shape index (κ3) is 3.79. The zero-order chi connectivity index (χ0) is 22.1. The average molecular weight is 448 g/mol. The van der Waals surface area contributed by atoms with Gasteiger partial charge in [-0.05, 0) is 41.3 Å². The van der Waals surface area contributed by atoms with Crippen LogP contribution in [0.25, 0.3) is 16.3 Å². The van der Waals surface area contributed by atoms with E-state index in [9.17, 15) is 14.9 Å². The minimum absolute atomic E-state index is 0.0811. The molecule has 2 aromatic carbocycles. The fraction of sp³-hybridized carbons (Fsp3) is 0.0909. The number of hydrogen-bond acceptors (Lipinski definition) is 7. The number of nitro groups is 1. The molecule has 160 valence electrons. The Kier molecular flexibility index (Phi) is 5.04. The predicted octanol–water partition coefficient (Wildman–Crippen LogP) is 4.17. The third-order valence-electron chi connectivity index (χ3n) is 4.89. The highest BCUT2D eigenvalue weighted by molar-refractivity contribution is 7.13. The van der Waals surface area contributed by atoms with Crippen molar-refractivity contribution >= 4 is 22.9 Å². The fourth-order valence-electron chi connectivity index (χ4n) is 3.35. The highest BCUT2D eigenvalue weighted by atomic mass is 32.1. The molecule has 10 heteroatoms. The molecular weight excluding hydrogens is 432 g/mol. The standard InChI is InChI=1S/C22H16N4O5S/c27-22(23-12-14-6-7-19-20(9-14)31-13-30-19)18-11-17(21-5-2-8-32-21)24-25(18)15-3-1-4-16(10-15)26(28)29/h1-11H,12-13H2,(H,23,27). The largest absolute Gasteiger partial charge is 0.454 e. The summed E-state index contributed by atoms with van der Waals surface area (Å²) in [6.07, 6.45) is 0. The van der Waals surface area contributed by atoms with Crippen LogP contribution in [-0.4, -0.2) is 27.4 Å². The Morgan fingerprint density at radius 1 is 1.12 bits per heavy atom. The van der Waals surface area contributed by atoms with Crippen LogP contribution in [0.15, 0.2) is 66.0 Å².